The molecule has 2 unspecified atom stereocenters. The van der Waals surface area contributed by atoms with Gasteiger partial charge in [-0.1, -0.05) is 23.1 Å². The van der Waals surface area contributed by atoms with Crippen LogP contribution < -0.4 is 4.90 Å². The number of methoxy groups -OCH3 is 1. The molecule has 2 aliphatic heterocycles. The molecule has 0 aromatic carbocycles. The number of carbonyl (C=O) groups is 2. The second kappa shape index (κ2) is 7.91. The van der Waals surface area contributed by atoms with Gasteiger partial charge < -0.3 is 4.74 Å². The SMILES string of the molecule is COC1(N(C(C)=O)c2cccs2)C(=O)N2C=C(CSc3nnc(C)s3)CS(=O)[C@@H]21. The molecule has 1 fully saturated rings. The summed E-state index contributed by atoms with van der Waals surface area (Å²) in [7, 11) is -0.0453. The standard InChI is InChI=1S/C17H18N4O4S4/c1-10-18-19-16(28-10)27-8-12-7-20-14(23)17(25-3,15(20)29(24)9-12)21(11(2)22)13-5-4-6-26-13/h4-7,15H,8-9H2,1-3H3/t15-,17?,29?/m1/s1. The monoisotopic (exact) mass is 470 g/mol. The molecule has 3 atom stereocenters. The van der Waals surface area contributed by atoms with Crippen molar-refractivity contribution in [1.82, 2.24) is 15.1 Å². The maximum Gasteiger partial charge on any atom is 0.285 e. The lowest BCUT2D eigenvalue weighted by molar-refractivity contribution is -0.182. The number of β-lactam (4-membered cyclic amide) rings is 1. The largest absolute Gasteiger partial charge is 0.348 e. The van der Waals surface area contributed by atoms with E-state index in [-0.39, 0.29) is 5.91 Å². The summed E-state index contributed by atoms with van der Waals surface area (Å²) in [6.07, 6.45) is 1.74. The summed E-state index contributed by atoms with van der Waals surface area (Å²) in [5.74, 6) is 0.144. The van der Waals surface area contributed by atoms with Gasteiger partial charge in [0.15, 0.2) is 9.71 Å². The minimum Gasteiger partial charge on any atom is -0.348 e. The van der Waals surface area contributed by atoms with Gasteiger partial charge in [-0.05, 0) is 30.0 Å². The van der Waals surface area contributed by atoms with Gasteiger partial charge in [0.25, 0.3) is 11.6 Å². The highest BCUT2D eigenvalue weighted by atomic mass is 32.2. The van der Waals surface area contributed by atoms with Crippen LogP contribution in [0.4, 0.5) is 5.00 Å². The van der Waals surface area contributed by atoms with Gasteiger partial charge in [-0.25, -0.2) is 0 Å². The quantitative estimate of drug-likeness (QED) is 0.363. The van der Waals surface area contributed by atoms with Crippen molar-refractivity contribution in [2.24, 2.45) is 0 Å². The van der Waals surface area contributed by atoms with Crippen molar-refractivity contribution < 1.29 is 18.5 Å². The Labute approximate surface area is 182 Å². The highest BCUT2D eigenvalue weighted by Crippen LogP contribution is 2.45. The van der Waals surface area contributed by atoms with E-state index in [0.717, 1.165) is 14.9 Å². The van der Waals surface area contributed by atoms with Crippen LogP contribution in [-0.4, -0.2) is 60.8 Å². The Kier molecular flexibility index (Phi) is 5.64. The molecule has 0 saturated carbocycles. The normalized spacial score (nSPS) is 26.0. The summed E-state index contributed by atoms with van der Waals surface area (Å²) in [6.45, 7) is 3.27. The molecule has 4 heterocycles. The second-order valence-electron chi connectivity index (χ2n) is 6.46. The molecule has 0 aliphatic carbocycles. The number of aromatic nitrogens is 2. The van der Waals surface area contributed by atoms with E-state index in [4.69, 9.17) is 4.74 Å². The molecular formula is C17H18N4O4S4. The molecule has 2 aromatic rings. The molecule has 1 saturated heterocycles. The maximum atomic E-state index is 13.2. The van der Waals surface area contributed by atoms with Crippen molar-refractivity contribution >= 4 is 62.1 Å². The van der Waals surface area contributed by atoms with Gasteiger partial charge >= 0.3 is 0 Å². The lowest BCUT2D eigenvalue weighted by Gasteiger charge is -2.57. The van der Waals surface area contributed by atoms with Gasteiger partial charge in [0.1, 0.15) is 10.0 Å². The molecule has 4 rings (SSSR count). The lowest BCUT2D eigenvalue weighted by Crippen LogP contribution is -2.82. The van der Waals surface area contributed by atoms with Crippen molar-refractivity contribution in [2.45, 2.75) is 29.3 Å². The van der Waals surface area contributed by atoms with E-state index in [0.29, 0.717) is 16.5 Å². The van der Waals surface area contributed by atoms with E-state index in [1.165, 1.54) is 58.3 Å². The number of hydrogen-bond acceptors (Lipinski definition) is 9. The number of carbonyl (C=O) groups excluding carboxylic acids is 2. The molecule has 2 aliphatic rings. The summed E-state index contributed by atoms with van der Waals surface area (Å²) >= 11 is 4.33. The van der Waals surface area contributed by atoms with Gasteiger partial charge in [0, 0.05) is 31.7 Å². The summed E-state index contributed by atoms with van der Waals surface area (Å²) < 4.78 is 19.6. The highest BCUT2D eigenvalue weighted by molar-refractivity contribution is 8.01. The van der Waals surface area contributed by atoms with E-state index in [1.807, 2.05) is 12.3 Å². The number of nitrogens with zero attached hydrogens (tertiary/aromatic N) is 4. The fourth-order valence-corrected chi connectivity index (χ4v) is 7.95. The summed E-state index contributed by atoms with van der Waals surface area (Å²) in [5, 5.41) is 10.6. The van der Waals surface area contributed by atoms with Gasteiger partial charge in [0.05, 0.1) is 10.8 Å². The summed E-state index contributed by atoms with van der Waals surface area (Å²) in [4.78, 5) is 28.4. The predicted octanol–water partition coefficient (Wildman–Crippen LogP) is 2.21. The van der Waals surface area contributed by atoms with Crippen LogP contribution in [0.1, 0.15) is 11.9 Å². The van der Waals surface area contributed by atoms with Crippen molar-refractivity contribution in [2.75, 3.05) is 23.5 Å². The van der Waals surface area contributed by atoms with Crippen LogP contribution in [0.2, 0.25) is 0 Å². The Morgan fingerprint density at radius 2 is 2.31 bits per heavy atom. The smallest absolute Gasteiger partial charge is 0.285 e. The van der Waals surface area contributed by atoms with Crippen LogP contribution in [0.3, 0.4) is 0 Å². The number of amides is 2. The number of rotatable bonds is 6. The number of anilines is 1. The molecule has 12 heteroatoms. The number of fused-ring (bicyclic) bond motifs is 1. The first-order chi connectivity index (χ1) is 13.9. The van der Waals surface area contributed by atoms with Crippen LogP contribution in [0.25, 0.3) is 0 Å². The number of thioether (sulfide) groups is 1. The second-order valence-corrected chi connectivity index (χ2v) is 11.3. The summed E-state index contributed by atoms with van der Waals surface area (Å²) in [6, 6.07) is 3.54. The number of hydrogen-bond donors (Lipinski definition) is 0. The third kappa shape index (κ3) is 3.36. The van der Waals surface area contributed by atoms with Crippen molar-refractivity contribution in [3.8, 4) is 0 Å². The van der Waals surface area contributed by atoms with Gasteiger partial charge in [-0.2, -0.15) is 0 Å². The Bertz CT molecular complexity index is 1010. The third-order valence-electron chi connectivity index (χ3n) is 4.60. The van der Waals surface area contributed by atoms with Gasteiger partial charge in [-0.15, -0.1) is 21.5 Å². The first-order valence-electron chi connectivity index (χ1n) is 8.60. The molecule has 2 amide bonds. The molecule has 0 spiro atoms. The van der Waals surface area contributed by atoms with Crippen LogP contribution in [0.15, 0.2) is 33.6 Å². The number of aryl methyl sites for hydroxylation is 1. The number of ether oxygens (including phenoxy) is 1. The first-order valence-corrected chi connectivity index (χ1v) is 12.7. The van der Waals surface area contributed by atoms with Crippen molar-refractivity contribution in [3.63, 3.8) is 0 Å². The highest BCUT2D eigenvalue weighted by Gasteiger charge is 2.69. The molecule has 0 bridgehead atoms. The maximum absolute atomic E-state index is 13.2. The van der Waals surface area contributed by atoms with E-state index in [9.17, 15) is 13.8 Å². The van der Waals surface area contributed by atoms with Crippen molar-refractivity contribution in [3.05, 3.63) is 34.3 Å². The van der Waals surface area contributed by atoms with E-state index in [1.54, 1.807) is 18.3 Å². The average Bonchev–Trinajstić information content (AvgIpc) is 3.35. The minimum absolute atomic E-state index is 0.306. The van der Waals surface area contributed by atoms with Gasteiger partial charge in [-0.3, -0.25) is 23.6 Å². The Balaban J connectivity index is 1.60. The number of thiophene rings is 1. The third-order valence-corrected chi connectivity index (χ3v) is 9.23. The summed E-state index contributed by atoms with van der Waals surface area (Å²) in [5.41, 5.74) is -0.714. The van der Waals surface area contributed by atoms with Gasteiger partial charge in [0.2, 0.25) is 5.91 Å². The fourth-order valence-electron chi connectivity index (χ4n) is 3.45. The molecule has 0 N–H and O–H groups in total. The van der Waals surface area contributed by atoms with Crippen molar-refractivity contribution in [1.29, 1.82) is 0 Å². The zero-order chi connectivity index (χ0) is 20.8. The molecule has 29 heavy (non-hydrogen) atoms. The average molecular weight is 471 g/mol. The zero-order valence-corrected chi connectivity index (χ0v) is 19.1. The molecular weight excluding hydrogens is 452 g/mol. The topological polar surface area (TPSA) is 92.7 Å². The van der Waals surface area contributed by atoms with Crippen LogP contribution in [0.5, 0.6) is 0 Å². The van der Waals surface area contributed by atoms with E-state index < -0.39 is 27.8 Å². The first kappa shape index (κ1) is 20.7. The zero-order valence-electron chi connectivity index (χ0n) is 15.9. The molecule has 8 nitrogen and oxygen atoms in total. The Morgan fingerprint density at radius 1 is 1.52 bits per heavy atom. The van der Waals surface area contributed by atoms with Crippen LogP contribution in [0, 0.1) is 6.92 Å². The van der Waals surface area contributed by atoms with E-state index >= 15 is 0 Å². The Hall–Kier alpha value is -1.60. The Morgan fingerprint density at radius 3 is 2.90 bits per heavy atom. The molecule has 154 valence electrons. The molecule has 0 radical (unpaired) electrons. The minimum atomic E-state index is -1.59. The fraction of sp³-hybridized carbons (Fsp3) is 0.412. The van der Waals surface area contributed by atoms with E-state index in [2.05, 4.69) is 10.2 Å². The predicted molar refractivity (Wildman–Crippen MR) is 114 cm³/mol. The lowest BCUT2D eigenvalue weighted by atomic mass is 9.99. The van der Waals surface area contributed by atoms with Crippen LogP contribution in [-0.2, 0) is 25.1 Å². The molecule has 2 aromatic heterocycles. The van der Waals surface area contributed by atoms with Crippen LogP contribution >= 0.6 is 34.4 Å².